The second kappa shape index (κ2) is 5.60. The van der Waals surface area contributed by atoms with E-state index in [0.717, 1.165) is 25.8 Å². The van der Waals surface area contributed by atoms with E-state index >= 15 is 0 Å². The van der Waals surface area contributed by atoms with Gasteiger partial charge in [-0.1, -0.05) is 6.42 Å². The number of rotatable bonds is 2. The van der Waals surface area contributed by atoms with Gasteiger partial charge in [-0.05, 0) is 53.5 Å². The Morgan fingerprint density at radius 1 is 1.47 bits per heavy atom. The van der Waals surface area contributed by atoms with Gasteiger partial charge >= 0.3 is 0 Å². The molecule has 2 rings (SSSR count). The molecule has 1 aliphatic rings. The Balaban J connectivity index is 1.99. The molecule has 1 aromatic carbocycles. The summed E-state index contributed by atoms with van der Waals surface area (Å²) >= 11 is 3.09. The smallest absolute Gasteiger partial charge is 0.241 e. The molecule has 0 spiro atoms. The summed E-state index contributed by atoms with van der Waals surface area (Å²) in [5.74, 6) is -0.387. The molecule has 1 saturated heterocycles. The topological polar surface area (TPSA) is 41.1 Å². The van der Waals surface area contributed by atoms with Crippen LogP contribution in [0.15, 0.2) is 22.7 Å². The minimum Gasteiger partial charge on any atom is -0.325 e. The molecule has 1 unspecified atom stereocenters. The summed E-state index contributed by atoms with van der Waals surface area (Å²) in [6.45, 7) is 0.880. The molecule has 0 radical (unpaired) electrons. The van der Waals surface area contributed by atoms with Gasteiger partial charge in [0.2, 0.25) is 5.91 Å². The number of halogens is 2. The van der Waals surface area contributed by atoms with Crippen LogP contribution < -0.4 is 10.6 Å². The Morgan fingerprint density at radius 3 is 2.94 bits per heavy atom. The van der Waals surface area contributed by atoms with E-state index in [9.17, 15) is 9.18 Å². The zero-order chi connectivity index (χ0) is 12.3. The standard InChI is InChI=1S/C12H14BrFN2O/c13-9-7-8(4-5-10(9)14)16-12(17)11-3-1-2-6-15-11/h4-5,7,11,15H,1-3,6H2,(H,16,17). The summed E-state index contributed by atoms with van der Waals surface area (Å²) in [7, 11) is 0. The molecular formula is C12H14BrFN2O. The average molecular weight is 301 g/mol. The lowest BCUT2D eigenvalue weighted by Crippen LogP contribution is -2.43. The van der Waals surface area contributed by atoms with Crippen molar-refractivity contribution >= 4 is 27.5 Å². The molecule has 1 amide bonds. The van der Waals surface area contributed by atoms with Crippen LogP contribution in [0, 0.1) is 5.82 Å². The average Bonchev–Trinajstić information content (AvgIpc) is 2.35. The Kier molecular flexibility index (Phi) is 4.12. The predicted octanol–water partition coefficient (Wildman–Crippen LogP) is 2.67. The van der Waals surface area contributed by atoms with Gasteiger partial charge in [0.1, 0.15) is 5.82 Å². The van der Waals surface area contributed by atoms with Crippen molar-refractivity contribution in [3.63, 3.8) is 0 Å². The summed E-state index contributed by atoms with van der Waals surface area (Å²) in [4.78, 5) is 11.9. The number of amides is 1. The summed E-state index contributed by atoms with van der Waals surface area (Å²) in [5, 5.41) is 5.95. The Morgan fingerprint density at radius 2 is 2.29 bits per heavy atom. The van der Waals surface area contributed by atoms with E-state index in [4.69, 9.17) is 0 Å². The van der Waals surface area contributed by atoms with E-state index in [1.54, 1.807) is 12.1 Å². The van der Waals surface area contributed by atoms with Gasteiger partial charge in [-0.3, -0.25) is 4.79 Å². The van der Waals surface area contributed by atoms with E-state index in [0.29, 0.717) is 10.2 Å². The molecule has 1 aromatic rings. The summed E-state index contributed by atoms with van der Waals surface area (Å²) < 4.78 is 13.4. The van der Waals surface area contributed by atoms with Crippen LogP contribution in [-0.2, 0) is 4.79 Å². The first-order valence-corrected chi connectivity index (χ1v) is 6.45. The number of carbonyl (C=O) groups is 1. The number of hydrogen-bond acceptors (Lipinski definition) is 2. The molecular weight excluding hydrogens is 287 g/mol. The van der Waals surface area contributed by atoms with E-state index in [-0.39, 0.29) is 17.8 Å². The number of carbonyl (C=O) groups excluding carboxylic acids is 1. The Labute approximate surface area is 108 Å². The third-order valence-electron chi connectivity index (χ3n) is 2.81. The quantitative estimate of drug-likeness (QED) is 0.882. The SMILES string of the molecule is O=C(Nc1ccc(F)c(Br)c1)C1CCCCN1. The number of piperidine rings is 1. The van der Waals surface area contributed by atoms with Crippen molar-refractivity contribution < 1.29 is 9.18 Å². The molecule has 1 atom stereocenters. The summed E-state index contributed by atoms with van der Waals surface area (Å²) in [6, 6.07) is 4.32. The molecule has 1 aliphatic heterocycles. The van der Waals surface area contributed by atoms with Gasteiger partial charge in [0.25, 0.3) is 0 Å². The highest BCUT2D eigenvalue weighted by Gasteiger charge is 2.20. The van der Waals surface area contributed by atoms with Crippen molar-refractivity contribution in [2.45, 2.75) is 25.3 Å². The van der Waals surface area contributed by atoms with Crippen molar-refractivity contribution in [1.82, 2.24) is 5.32 Å². The van der Waals surface area contributed by atoms with Gasteiger partial charge in [-0.15, -0.1) is 0 Å². The second-order valence-electron chi connectivity index (χ2n) is 4.12. The molecule has 5 heteroatoms. The maximum atomic E-state index is 13.0. The largest absolute Gasteiger partial charge is 0.325 e. The molecule has 1 fully saturated rings. The highest BCUT2D eigenvalue weighted by Crippen LogP contribution is 2.20. The van der Waals surface area contributed by atoms with Crippen LogP contribution in [0.1, 0.15) is 19.3 Å². The Hall–Kier alpha value is -0.940. The lowest BCUT2D eigenvalue weighted by molar-refractivity contribution is -0.118. The zero-order valence-corrected chi connectivity index (χ0v) is 10.9. The van der Waals surface area contributed by atoms with Crippen molar-refractivity contribution in [2.24, 2.45) is 0 Å². The van der Waals surface area contributed by atoms with Gasteiger partial charge in [0, 0.05) is 5.69 Å². The number of anilines is 1. The van der Waals surface area contributed by atoms with Crippen LogP contribution in [0.3, 0.4) is 0 Å². The normalized spacial score (nSPS) is 20.0. The lowest BCUT2D eigenvalue weighted by atomic mass is 10.0. The highest BCUT2D eigenvalue weighted by atomic mass is 79.9. The fourth-order valence-electron chi connectivity index (χ4n) is 1.88. The lowest BCUT2D eigenvalue weighted by Gasteiger charge is -2.22. The molecule has 0 saturated carbocycles. The zero-order valence-electron chi connectivity index (χ0n) is 9.30. The third-order valence-corrected chi connectivity index (χ3v) is 3.42. The summed E-state index contributed by atoms with van der Waals surface area (Å²) in [6.07, 6.45) is 3.04. The third kappa shape index (κ3) is 3.26. The number of benzene rings is 1. The first-order valence-electron chi connectivity index (χ1n) is 5.66. The first kappa shape index (κ1) is 12.5. The van der Waals surface area contributed by atoms with E-state index in [1.807, 2.05) is 0 Å². The van der Waals surface area contributed by atoms with Crippen LogP contribution in [0.4, 0.5) is 10.1 Å². The van der Waals surface area contributed by atoms with Gasteiger partial charge in [0.15, 0.2) is 0 Å². The molecule has 3 nitrogen and oxygen atoms in total. The van der Waals surface area contributed by atoms with Gasteiger partial charge in [-0.25, -0.2) is 4.39 Å². The maximum absolute atomic E-state index is 13.0. The van der Waals surface area contributed by atoms with Crippen LogP contribution in [-0.4, -0.2) is 18.5 Å². The molecule has 1 heterocycles. The minimum atomic E-state index is -0.334. The van der Waals surface area contributed by atoms with Gasteiger partial charge < -0.3 is 10.6 Å². The molecule has 0 aromatic heterocycles. The van der Waals surface area contributed by atoms with Crippen molar-refractivity contribution in [1.29, 1.82) is 0 Å². The molecule has 92 valence electrons. The highest BCUT2D eigenvalue weighted by molar-refractivity contribution is 9.10. The second-order valence-corrected chi connectivity index (χ2v) is 4.97. The summed E-state index contributed by atoms with van der Waals surface area (Å²) in [5.41, 5.74) is 0.607. The van der Waals surface area contributed by atoms with Crippen LogP contribution in [0.2, 0.25) is 0 Å². The van der Waals surface area contributed by atoms with Gasteiger partial charge in [0.05, 0.1) is 10.5 Å². The van der Waals surface area contributed by atoms with E-state index < -0.39 is 0 Å². The fraction of sp³-hybridized carbons (Fsp3) is 0.417. The molecule has 17 heavy (non-hydrogen) atoms. The molecule has 2 N–H and O–H groups in total. The molecule has 0 bridgehead atoms. The predicted molar refractivity (Wildman–Crippen MR) is 68.4 cm³/mol. The van der Waals surface area contributed by atoms with Crippen LogP contribution in [0.25, 0.3) is 0 Å². The van der Waals surface area contributed by atoms with E-state index in [2.05, 4.69) is 26.6 Å². The van der Waals surface area contributed by atoms with Gasteiger partial charge in [-0.2, -0.15) is 0 Å². The first-order chi connectivity index (χ1) is 8.16. The minimum absolute atomic E-state index is 0.0526. The number of hydrogen-bond donors (Lipinski definition) is 2. The van der Waals surface area contributed by atoms with Crippen molar-refractivity contribution in [2.75, 3.05) is 11.9 Å². The maximum Gasteiger partial charge on any atom is 0.241 e. The van der Waals surface area contributed by atoms with E-state index in [1.165, 1.54) is 6.07 Å². The monoisotopic (exact) mass is 300 g/mol. The van der Waals surface area contributed by atoms with Crippen molar-refractivity contribution in [3.05, 3.63) is 28.5 Å². The van der Waals surface area contributed by atoms with Crippen molar-refractivity contribution in [3.8, 4) is 0 Å². The van der Waals surface area contributed by atoms with Crippen LogP contribution >= 0.6 is 15.9 Å². The Bertz CT molecular complexity index is 419. The number of nitrogens with one attached hydrogen (secondary N) is 2. The van der Waals surface area contributed by atoms with Crippen LogP contribution in [0.5, 0.6) is 0 Å². The molecule has 0 aliphatic carbocycles. The fourth-order valence-corrected chi connectivity index (χ4v) is 2.26.